The standard InChI is InChI=1S/C14H16N4O2S/c1-8-16-9(7-21-8)6-18-11-5-13(20-3)12(19-2)4-10(11)17-14(18)15/h4-5,7H,6H2,1-3H3,(H2,15,17). The summed E-state index contributed by atoms with van der Waals surface area (Å²) in [5.74, 6) is 1.74. The molecule has 0 amide bonds. The molecule has 0 saturated carbocycles. The molecule has 3 aromatic rings. The smallest absolute Gasteiger partial charge is 0.201 e. The van der Waals surface area contributed by atoms with E-state index in [0.717, 1.165) is 21.7 Å². The van der Waals surface area contributed by atoms with Crippen LogP contribution >= 0.6 is 11.3 Å². The second-order valence-corrected chi connectivity index (χ2v) is 5.67. The normalized spacial score (nSPS) is 11.0. The van der Waals surface area contributed by atoms with Gasteiger partial charge in [0.05, 0.1) is 42.5 Å². The molecule has 0 unspecified atom stereocenters. The summed E-state index contributed by atoms with van der Waals surface area (Å²) in [4.78, 5) is 8.85. The van der Waals surface area contributed by atoms with Crippen molar-refractivity contribution in [2.45, 2.75) is 13.5 Å². The Labute approximate surface area is 126 Å². The summed E-state index contributed by atoms with van der Waals surface area (Å²) in [6.45, 7) is 2.57. The van der Waals surface area contributed by atoms with Crippen molar-refractivity contribution in [1.82, 2.24) is 14.5 Å². The molecule has 0 atom stereocenters. The Morgan fingerprint density at radius 3 is 2.52 bits per heavy atom. The van der Waals surface area contributed by atoms with Crippen LogP contribution in [0.5, 0.6) is 11.5 Å². The van der Waals surface area contributed by atoms with E-state index in [4.69, 9.17) is 15.2 Å². The van der Waals surface area contributed by atoms with Crippen molar-refractivity contribution in [3.63, 3.8) is 0 Å². The summed E-state index contributed by atoms with van der Waals surface area (Å²) in [5, 5.41) is 3.06. The van der Waals surface area contributed by atoms with Crippen LogP contribution in [-0.4, -0.2) is 28.8 Å². The van der Waals surface area contributed by atoms with Gasteiger partial charge in [0.2, 0.25) is 5.95 Å². The van der Waals surface area contributed by atoms with Crippen molar-refractivity contribution in [3.8, 4) is 11.5 Å². The van der Waals surface area contributed by atoms with Gasteiger partial charge in [-0.1, -0.05) is 0 Å². The van der Waals surface area contributed by atoms with Gasteiger partial charge in [0.15, 0.2) is 11.5 Å². The fourth-order valence-corrected chi connectivity index (χ4v) is 2.88. The van der Waals surface area contributed by atoms with E-state index in [-0.39, 0.29) is 0 Å². The first-order chi connectivity index (χ1) is 10.1. The maximum atomic E-state index is 6.04. The molecule has 0 aliphatic heterocycles. The molecule has 1 aromatic carbocycles. The lowest BCUT2D eigenvalue weighted by Crippen LogP contribution is -2.05. The molecular weight excluding hydrogens is 288 g/mol. The molecule has 0 aliphatic rings. The van der Waals surface area contributed by atoms with Crippen LogP contribution in [0.2, 0.25) is 0 Å². The molecule has 0 fully saturated rings. The first-order valence-corrected chi connectivity index (χ1v) is 7.29. The Bertz CT molecular complexity index is 794. The van der Waals surface area contributed by atoms with E-state index >= 15 is 0 Å². The molecule has 0 radical (unpaired) electrons. The van der Waals surface area contributed by atoms with Crippen LogP contribution in [0.15, 0.2) is 17.5 Å². The molecule has 2 heterocycles. The lowest BCUT2D eigenvalue weighted by molar-refractivity contribution is 0.355. The maximum Gasteiger partial charge on any atom is 0.201 e. The summed E-state index contributed by atoms with van der Waals surface area (Å²) in [6, 6.07) is 3.71. The number of aromatic nitrogens is 3. The minimum atomic E-state index is 0.450. The van der Waals surface area contributed by atoms with Gasteiger partial charge >= 0.3 is 0 Å². The molecule has 0 spiro atoms. The molecule has 0 saturated heterocycles. The van der Waals surface area contributed by atoms with Crippen molar-refractivity contribution in [2.24, 2.45) is 0 Å². The van der Waals surface area contributed by atoms with Gasteiger partial charge in [0, 0.05) is 17.5 Å². The van der Waals surface area contributed by atoms with Gasteiger partial charge in [-0.05, 0) is 6.92 Å². The van der Waals surface area contributed by atoms with E-state index in [1.807, 2.05) is 29.0 Å². The lowest BCUT2D eigenvalue weighted by atomic mass is 10.2. The number of nitrogens with two attached hydrogens (primary N) is 1. The van der Waals surface area contributed by atoms with E-state index in [9.17, 15) is 0 Å². The number of anilines is 1. The molecule has 110 valence electrons. The fraction of sp³-hybridized carbons (Fsp3) is 0.286. The van der Waals surface area contributed by atoms with E-state index in [2.05, 4.69) is 9.97 Å². The van der Waals surface area contributed by atoms with Crippen molar-refractivity contribution in [1.29, 1.82) is 0 Å². The number of thiazole rings is 1. The van der Waals surface area contributed by atoms with Crippen molar-refractivity contribution < 1.29 is 9.47 Å². The minimum absolute atomic E-state index is 0.450. The molecule has 21 heavy (non-hydrogen) atoms. The minimum Gasteiger partial charge on any atom is -0.493 e. The fourth-order valence-electron chi connectivity index (χ4n) is 2.28. The highest BCUT2D eigenvalue weighted by molar-refractivity contribution is 7.09. The largest absolute Gasteiger partial charge is 0.493 e. The number of ether oxygens (including phenoxy) is 2. The van der Waals surface area contributed by atoms with Crippen LogP contribution in [0, 0.1) is 6.92 Å². The van der Waals surface area contributed by atoms with E-state index in [1.54, 1.807) is 25.6 Å². The number of rotatable bonds is 4. The van der Waals surface area contributed by atoms with Crippen LogP contribution in [-0.2, 0) is 6.54 Å². The van der Waals surface area contributed by atoms with Crippen LogP contribution in [0.4, 0.5) is 5.95 Å². The average molecular weight is 304 g/mol. The number of methoxy groups -OCH3 is 2. The zero-order valence-electron chi connectivity index (χ0n) is 12.1. The third kappa shape index (κ3) is 2.40. The Kier molecular flexibility index (Phi) is 3.42. The molecule has 0 bridgehead atoms. The van der Waals surface area contributed by atoms with Crippen LogP contribution < -0.4 is 15.2 Å². The van der Waals surface area contributed by atoms with Gasteiger partial charge in [-0.25, -0.2) is 9.97 Å². The molecule has 6 nitrogen and oxygen atoms in total. The number of benzene rings is 1. The van der Waals surface area contributed by atoms with Gasteiger partial charge in [-0.2, -0.15) is 0 Å². The lowest BCUT2D eigenvalue weighted by Gasteiger charge is -2.09. The second kappa shape index (κ2) is 5.25. The van der Waals surface area contributed by atoms with Gasteiger partial charge in [0.1, 0.15) is 0 Å². The first kappa shape index (κ1) is 13.7. The number of hydrogen-bond acceptors (Lipinski definition) is 6. The van der Waals surface area contributed by atoms with Gasteiger partial charge < -0.3 is 19.8 Å². The number of fused-ring (bicyclic) bond motifs is 1. The highest BCUT2D eigenvalue weighted by atomic mass is 32.1. The van der Waals surface area contributed by atoms with Gasteiger partial charge in [0.25, 0.3) is 0 Å². The van der Waals surface area contributed by atoms with Gasteiger partial charge in [-0.3, -0.25) is 0 Å². The summed E-state index contributed by atoms with van der Waals surface area (Å²) in [5.41, 5.74) is 8.68. The second-order valence-electron chi connectivity index (χ2n) is 4.61. The number of aryl methyl sites for hydroxylation is 1. The Morgan fingerprint density at radius 1 is 1.19 bits per heavy atom. The summed E-state index contributed by atoms with van der Waals surface area (Å²) < 4.78 is 12.6. The van der Waals surface area contributed by atoms with E-state index < -0.39 is 0 Å². The molecule has 2 N–H and O–H groups in total. The predicted octanol–water partition coefficient (Wildman–Crippen LogP) is 2.45. The first-order valence-electron chi connectivity index (χ1n) is 6.41. The van der Waals surface area contributed by atoms with Crippen LogP contribution in [0.3, 0.4) is 0 Å². The van der Waals surface area contributed by atoms with Crippen molar-refractivity contribution >= 4 is 28.3 Å². The molecule has 7 heteroatoms. The quantitative estimate of drug-likeness (QED) is 0.801. The number of hydrogen-bond donors (Lipinski definition) is 1. The Balaban J connectivity index is 2.11. The molecular formula is C14H16N4O2S. The van der Waals surface area contributed by atoms with Crippen LogP contribution in [0.1, 0.15) is 10.7 Å². The average Bonchev–Trinajstić information content (AvgIpc) is 3.02. The van der Waals surface area contributed by atoms with Crippen molar-refractivity contribution in [2.75, 3.05) is 20.0 Å². The maximum absolute atomic E-state index is 6.04. The van der Waals surface area contributed by atoms with Crippen LogP contribution in [0.25, 0.3) is 11.0 Å². The predicted molar refractivity (Wildman–Crippen MR) is 83.2 cm³/mol. The highest BCUT2D eigenvalue weighted by Gasteiger charge is 2.14. The van der Waals surface area contributed by atoms with E-state index in [0.29, 0.717) is 24.0 Å². The summed E-state index contributed by atoms with van der Waals surface area (Å²) in [6.07, 6.45) is 0. The topological polar surface area (TPSA) is 75.2 Å². The number of imidazole rings is 1. The molecule has 0 aliphatic carbocycles. The zero-order valence-corrected chi connectivity index (χ0v) is 12.9. The highest BCUT2D eigenvalue weighted by Crippen LogP contribution is 2.33. The Morgan fingerprint density at radius 2 is 1.90 bits per heavy atom. The van der Waals surface area contributed by atoms with E-state index in [1.165, 1.54) is 0 Å². The molecule has 3 rings (SSSR count). The Hall–Kier alpha value is -2.28. The third-order valence-electron chi connectivity index (χ3n) is 3.27. The summed E-state index contributed by atoms with van der Waals surface area (Å²) >= 11 is 1.62. The SMILES string of the molecule is COc1cc2nc(N)n(Cc3csc(C)n3)c2cc1OC. The molecule has 2 aromatic heterocycles. The number of nitrogens with zero attached hydrogens (tertiary/aromatic N) is 3. The van der Waals surface area contributed by atoms with Gasteiger partial charge in [-0.15, -0.1) is 11.3 Å². The third-order valence-corrected chi connectivity index (χ3v) is 4.09. The summed E-state index contributed by atoms with van der Waals surface area (Å²) in [7, 11) is 3.21. The number of nitrogen functional groups attached to an aromatic ring is 1. The monoisotopic (exact) mass is 304 g/mol. The zero-order chi connectivity index (χ0) is 15.0. The van der Waals surface area contributed by atoms with Crippen molar-refractivity contribution in [3.05, 3.63) is 28.2 Å².